The molecule has 19 heavy (non-hydrogen) atoms. The maximum Gasteiger partial charge on any atom is 0.579 e. The fourth-order valence-electron chi connectivity index (χ4n) is 1.49. The van der Waals surface area contributed by atoms with Crippen LogP contribution < -0.4 is 0 Å². The molecule has 0 aliphatic heterocycles. The minimum atomic E-state index is -4.00. The number of unbranched alkanes of at least 4 members (excludes halogenated alkanes) is 1. The van der Waals surface area contributed by atoms with E-state index in [1.165, 1.54) is 0 Å². The highest BCUT2D eigenvalue weighted by Gasteiger charge is 2.48. The Morgan fingerprint density at radius 3 is 1.68 bits per heavy atom. The van der Waals surface area contributed by atoms with Gasteiger partial charge in [0.15, 0.2) is 0 Å². The topological polar surface area (TPSA) is 85.2 Å². The van der Waals surface area contributed by atoms with Crippen LogP contribution in [0.2, 0.25) is 0 Å². The lowest BCUT2D eigenvalue weighted by Crippen LogP contribution is -2.53. The molecule has 0 spiro atoms. The van der Waals surface area contributed by atoms with Gasteiger partial charge in [0, 0.05) is 25.6 Å². The average Bonchev–Trinajstić information content (AvgIpc) is 2.28. The second kappa shape index (κ2) is 9.45. The van der Waals surface area contributed by atoms with Crippen LogP contribution in [-0.2, 0) is 31.2 Å². The van der Waals surface area contributed by atoms with Crippen molar-refractivity contribution >= 4 is 25.9 Å². The monoisotopic (exact) mass is 334 g/mol. The van der Waals surface area contributed by atoms with Gasteiger partial charge in [0.2, 0.25) is 9.05 Å². The largest absolute Gasteiger partial charge is 0.579 e. The molecule has 0 saturated carbocycles. The van der Waals surface area contributed by atoms with Crippen LogP contribution in [-0.4, -0.2) is 46.8 Å². The third kappa shape index (κ3) is 6.21. The van der Waals surface area contributed by atoms with Gasteiger partial charge in [-0.15, -0.1) is 0 Å². The number of rotatable bonds is 10. The second-order valence-corrected chi connectivity index (χ2v) is 13.9. The van der Waals surface area contributed by atoms with Crippen molar-refractivity contribution in [1.29, 1.82) is 0 Å². The zero-order chi connectivity index (χ0) is 14.9. The van der Waals surface area contributed by atoms with Crippen LogP contribution in [0.5, 0.6) is 0 Å². The summed E-state index contributed by atoms with van der Waals surface area (Å²) in [6.07, 6.45) is 1.57. The Kier molecular flexibility index (Phi) is 9.71. The Hall–Kier alpha value is 0.517. The Morgan fingerprint density at radius 1 is 1.00 bits per heavy atom. The highest BCUT2D eigenvalue weighted by Crippen LogP contribution is 2.20. The third-order valence-electron chi connectivity index (χ3n) is 2.19. The Morgan fingerprint density at radius 2 is 1.42 bits per heavy atom. The quantitative estimate of drug-likeness (QED) is 0.595. The Labute approximate surface area is 119 Å². The summed E-state index contributed by atoms with van der Waals surface area (Å²) >= 11 is 0. The van der Waals surface area contributed by atoms with Crippen LogP contribution in [0.15, 0.2) is 0 Å². The molecule has 1 atom stereocenters. The molecule has 0 saturated heterocycles. The maximum atomic E-state index is 11.8. The molecule has 0 aromatic carbocycles. The normalized spacial score (nSPS) is 14.6. The molecular weight excluding hydrogens is 308 g/mol. The van der Waals surface area contributed by atoms with Gasteiger partial charge in [0.05, 0.1) is 0 Å². The van der Waals surface area contributed by atoms with Crippen molar-refractivity contribution in [2.75, 3.05) is 25.6 Å². The van der Waals surface area contributed by atoms with E-state index >= 15 is 0 Å². The van der Waals surface area contributed by atoms with Gasteiger partial charge in [-0.3, -0.25) is 9.11 Å². The van der Waals surface area contributed by atoms with Gasteiger partial charge < -0.3 is 13.3 Å². The van der Waals surface area contributed by atoms with Crippen molar-refractivity contribution in [1.82, 2.24) is 0 Å². The first kappa shape index (κ1) is 19.5. The van der Waals surface area contributed by atoms with Crippen molar-refractivity contribution < 1.29 is 26.6 Å². The molecule has 0 fully saturated rings. The van der Waals surface area contributed by atoms with Crippen molar-refractivity contribution in [3.8, 4) is 0 Å². The van der Waals surface area contributed by atoms with E-state index in [0.29, 0.717) is 32.0 Å². The minimum absolute atomic E-state index is 0.317. The Balaban J connectivity index is 5.65. The molecule has 2 N–H and O–H groups in total. The summed E-state index contributed by atoms with van der Waals surface area (Å²) in [7, 11) is -8.67. The Bertz CT molecular complexity index is 342. The lowest BCUT2D eigenvalue weighted by atomic mass is 10.4. The van der Waals surface area contributed by atoms with Gasteiger partial charge in [0.25, 0.3) is 0 Å². The van der Waals surface area contributed by atoms with Crippen LogP contribution in [0.3, 0.4) is 0 Å². The molecular formula is C10H26O6S2Si. The van der Waals surface area contributed by atoms with Crippen molar-refractivity contribution in [3.63, 3.8) is 0 Å². The van der Waals surface area contributed by atoms with Crippen LogP contribution in [0.1, 0.15) is 40.5 Å². The molecule has 0 bridgehead atoms. The van der Waals surface area contributed by atoms with Crippen molar-refractivity contribution in [2.24, 2.45) is 0 Å². The van der Waals surface area contributed by atoms with Gasteiger partial charge >= 0.3 is 7.95 Å². The summed E-state index contributed by atoms with van der Waals surface area (Å²) in [5, 5.41) is 0. The van der Waals surface area contributed by atoms with Crippen molar-refractivity contribution in [2.45, 2.75) is 40.5 Å². The van der Waals surface area contributed by atoms with Crippen LogP contribution in [0.25, 0.3) is 0 Å². The zero-order valence-corrected chi connectivity index (χ0v) is 14.7. The SMILES string of the molecule is CCCCS([Si](OCC)(OCC)OCC)=S(=O)(O)O. The minimum Gasteiger partial charge on any atom is -0.365 e. The first-order chi connectivity index (χ1) is 8.87. The zero-order valence-electron chi connectivity index (χ0n) is 12.1. The van der Waals surface area contributed by atoms with Gasteiger partial charge in [-0.1, -0.05) is 13.3 Å². The summed E-state index contributed by atoms with van der Waals surface area (Å²) in [6, 6.07) is 0. The summed E-state index contributed by atoms with van der Waals surface area (Å²) in [6.45, 7) is 8.25. The van der Waals surface area contributed by atoms with Crippen LogP contribution >= 0.6 is 0 Å². The van der Waals surface area contributed by atoms with E-state index in [0.717, 1.165) is 6.42 Å². The number of hydrogen-bond acceptors (Lipinski definition) is 4. The fraction of sp³-hybridized carbons (Fsp3) is 1.00. The van der Waals surface area contributed by atoms with E-state index in [4.69, 9.17) is 13.3 Å². The van der Waals surface area contributed by atoms with Gasteiger partial charge in [-0.2, -0.15) is 0 Å². The van der Waals surface area contributed by atoms with Gasteiger partial charge in [-0.25, -0.2) is 4.21 Å². The summed E-state index contributed by atoms with van der Waals surface area (Å²) in [5.74, 6) is 0.370. The molecule has 0 aliphatic carbocycles. The molecule has 0 heterocycles. The molecule has 0 radical (unpaired) electrons. The third-order valence-corrected chi connectivity index (χ3v) is 15.1. The predicted octanol–water partition coefficient (Wildman–Crippen LogP) is 2.10. The van der Waals surface area contributed by atoms with E-state index in [-0.39, 0.29) is 0 Å². The molecule has 0 aromatic rings. The summed E-state index contributed by atoms with van der Waals surface area (Å²) < 4.78 is 47.8. The van der Waals surface area contributed by atoms with E-state index in [1.807, 2.05) is 6.92 Å². The van der Waals surface area contributed by atoms with Crippen LogP contribution in [0, 0.1) is 0 Å². The van der Waals surface area contributed by atoms with Crippen LogP contribution in [0.4, 0.5) is 0 Å². The molecule has 9 heteroatoms. The highest BCUT2D eigenvalue weighted by atomic mass is 33.0. The predicted molar refractivity (Wildman–Crippen MR) is 81.2 cm³/mol. The molecule has 0 amide bonds. The van der Waals surface area contributed by atoms with E-state index in [2.05, 4.69) is 0 Å². The lowest BCUT2D eigenvalue weighted by molar-refractivity contribution is 0.0961. The fourth-order valence-corrected chi connectivity index (χ4v) is 13.4. The molecule has 118 valence electrons. The average molecular weight is 335 g/mol. The first-order valence-corrected chi connectivity index (χ1v) is 12.3. The van der Waals surface area contributed by atoms with Gasteiger partial charge in [-0.05, 0) is 36.1 Å². The standard InChI is InChI=1S/C10H26O6S2Si/c1-5-9-10-17(18(11,12)13)19(14-6-2,15-7-3)16-8-4/h5-10H2,1-4H3,(H2,11,12,13). The highest BCUT2D eigenvalue weighted by molar-refractivity contribution is 8.55. The molecule has 0 aliphatic rings. The lowest BCUT2D eigenvalue weighted by Gasteiger charge is -2.30. The van der Waals surface area contributed by atoms with E-state index in [9.17, 15) is 13.3 Å². The number of hydrogen-bond donors (Lipinski definition) is 2. The van der Waals surface area contributed by atoms with Gasteiger partial charge in [0.1, 0.15) is 0 Å². The molecule has 6 nitrogen and oxygen atoms in total. The van der Waals surface area contributed by atoms with Crippen molar-refractivity contribution in [3.05, 3.63) is 0 Å². The summed E-state index contributed by atoms with van der Waals surface area (Å²) in [5.41, 5.74) is 0. The van der Waals surface area contributed by atoms with E-state index in [1.54, 1.807) is 20.8 Å². The molecule has 1 unspecified atom stereocenters. The molecule has 0 rings (SSSR count). The smallest absolute Gasteiger partial charge is 0.365 e. The van der Waals surface area contributed by atoms with E-state index < -0.39 is 25.9 Å². The maximum absolute atomic E-state index is 11.8. The summed E-state index contributed by atoms with van der Waals surface area (Å²) in [4.78, 5) is 0. The molecule has 0 aromatic heterocycles. The first-order valence-electron chi connectivity index (χ1n) is 6.50. The second-order valence-electron chi connectivity index (χ2n) is 3.65.